The van der Waals surface area contributed by atoms with E-state index >= 15 is 0 Å². The summed E-state index contributed by atoms with van der Waals surface area (Å²) in [5.74, 6) is -0.398. The standard InChI is InChI=1S/C7H11N5O2/c8-5-4(3-11-7(9)12-5)6(14)10-1-2-13/h3,13H,1-2H2,(H,10,14)(H4,8,9,11,12). The van der Waals surface area contributed by atoms with Gasteiger partial charge in [-0.2, -0.15) is 4.98 Å². The van der Waals surface area contributed by atoms with Crippen molar-refractivity contribution in [1.82, 2.24) is 15.3 Å². The fraction of sp³-hybridized carbons (Fsp3) is 0.286. The molecule has 1 rings (SSSR count). The molecule has 0 bridgehead atoms. The van der Waals surface area contributed by atoms with E-state index in [1.807, 2.05) is 0 Å². The summed E-state index contributed by atoms with van der Waals surface area (Å²) in [6.45, 7) is 0.0180. The summed E-state index contributed by atoms with van der Waals surface area (Å²) in [6, 6.07) is 0. The first-order chi connectivity index (χ1) is 6.65. The van der Waals surface area contributed by atoms with Gasteiger partial charge in [0.2, 0.25) is 5.95 Å². The lowest BCUT2D eigenvalue weighted by Crippen LogP contribution is -2.27. The van der Waals surface area contributed by atoms with Crippen molar-refractivity contribution in [3.05, 3.63) is 11.8 Å². The largest absolute Gasteiger partial charge is 0.395 e. The molecule has 7 heteroatoms. The van der Waals surface area contributed by atoms with Gasteiger partial charge in [0.15, 0.2) is 0 Å². The number of aromatic nitrogens is 2. The third kappa shape index (κ3) is 2.30. The van der Waals surface area contributed by atoms with E-state index < -0.39 is 5.91 Å². The van der Waals surface area contributed by atoms with Crippen LogP contribution >= 0.6 is 0 Å². The number of carbonyl (C=O) groups excluding carboxylic acids is 1. The van der Waals surface area contributed by atoms with E-state index in [0.29, 0.717) is 0 Å². The van der Waals surface area contributed by atoms with Crippen molar-refractivity contribution >= 4 is 17.7 Å². The molecule has 1 aromatic heterocycles. The minimum atomic E-state index is -0.434. The Morgan fingerprint density at radius 1 is 1.57 bits per heavy atom. The molecule has 0 aliphatic rings. The first kappa shape index (κ1) is 10.2. The van der Waals surface area contributed by atoms with E-state index in [2.05, 4.69) is 15.3 Å². The molecule has 0 radical (unpaired) electrons. The number of nitrogen functional groups attached to an aromatic ring is 2. The highest BCUT2D eigenvalue weighted by atomic mass is 16.3. The summed E-state index contributed by atoms with van der Waals surface area (Å²) < 4.78 is 0. The van der Waals surface area contributed by atoms with Crippen molar-refractivity contribution in [3.8, 4) is 0 Å². The molecule has 7 nitrogen and oxygen atoms in total. The van der Waals surface area contributed by atoms with E-state index in [1.54, 1.807) is 0 Å². The van der Waals surface area contributed by atoms with Gasteiger partial charge < -0.3 is 21.9 Å². The van der Waals surface area contributed by atoms with Crippen molar-refractivity contribution < 1.29 is 9.90 Å². The number of hydrogen-bond acceptors (Lipinski definition) is 6. The maximum atomic E-state index is 11.3. The maximum absolute atomic E-state index is 11.3. The number of amides is 1. The molecule has 0 unspecified atom stereocenters. The molecule has 1 heterocycles. The number of hydrogen-bond donors (Lipinski definition) is 4. The number of aliphatic hydroxyl groups excluding tert-OH is 1. The van der Waals surface area contributed by atoms with Gasteiger partial charge in [0.1, 0.15) is 5.82 Å². The van der Waals surface area contributed by atoms with Crippen LogP contribution in [0.2, 0.25) is 0 Å². The number of rotatable bonds is 3. The smallest absolute Gasteiger partial charge is 0.256 e. The molecule has 1 aromatic rings. The number of nitrogens with zero attached hydrogens (tertiary/aromatic N) is 2. The van der Waals surface area contributed by atoms with Gasteiger partial charge in [-0.1, -0.05) is 0 Å². The van der Waals surface area contributed by atoms with Crippen LogP contribution in [0.4, 0.5) is 11.8 Å². The second-order valence-corrected chi connectivity index (χ2v) is 2.51. The van der Waals surface area contributed by atoms with Crippen molar-refractivity contribution in [2.75, 3.05) is 24.6 Å². The number of anilines is 2. The fourth-order valence-corrected chi connectivity index (χ4v) is 0.849. The summed E-state index contributed by atoms with van der Waals surface area (Å²) in [4.78, 5) is 18.6. The molecule has 0 atom stereocenters. The second-order valence-electron chi connectivity index (χ2n) is 2.51. The van der Waals surface area contributed by atoms with E-state index in [-0.39, 0.29) is 30.5 Å². The number of carbonyl (C=O) groups is 1. The molecule has 1 amide bonds. The van der Waals surface area contributed by atoms with E-state index in [0.717, 1.165) is 0 Å². The van der Waals surface area contributed by atoms with Crippen LogP contribution in [0.5, 0.6) is 0 Å². The molecule has 0 fully saturated rings. The lowest BCUT2D eigenvalue weighted by atomic mass is 10.3. The Morgan fingerprint density at radius 3 is 2.86 bits per heavy atom. The molecule has 0 aromatic carbocycles. The number of nitrogens with one attached hydrogen (secondary N) is 1. The van der Waals surface area contributed by atoms with Gasteiger partial charge in [-0.15, -0.1) is 0 Å². The topological polar surface area (TPSA) is 127 Å². The zero-order valence-corrected chi connectivity index (χ0v) is 7.40. The molecule has 0 aliphatic heterocycles. The summed E-state index contributed by atoms with van der Waals surface area (Å²) in [5, 5.41) is 10.9. The summed E-state index contributed by atoms with van der Waals surface area (Å²) in [6.07, 6.45) is 1.24. The zero-order valence-electron chi connectivity index (χ0n) is 7.40. The van der Waals surface area contributed by atoms with Crippen LogP contribution in [0.3, 0.4) is 0 Å². The van der Waals surface area contributed by atoms with Crippen LogP contribution in [0.1, 0.15) is 10.4 Å². The Hall–Kier alpha value is -1.89. The molecule has 14 heavy (non-hydrogen) atoms. The Bertz CT molecular complexity index is 341. The summed E-state index contributed by atoms with van der Waals surface area (Å²) in [7, 11) is 0. The predicted octanol–water partition coefficient (Wildman–Crippen LogP) is -1.64. The first-order valence-corrected chi connectivity index (χ1v) is 3.92. The fourth-order valence-electron chi connectivity index (χ4n) is 0.849. The van der Waals surface area contributed by atoms with E-state index in [9.17, 15) is 4.79 Å². The summed E-state index contributed by atoms with van der Waals surface area (Å²) >= 11 is 0. The van der Waals surface area contributed by atoms with Crippen molar-refractivity contribution in [2.45, 2.75) is 0 Å². The SMILES string of the molecule is Nc1ncc(C(=O)NCCO)c(N)n1. The molecule has 6 N–H and O–H groups in total. The van der Waals surface area contributed by atoms with Crippen LogP contribution in [-0.2, 0) is 0 Å². The van der Waals surface area contributed by atoms with Crippen LogP contribution < -0.4 is 16.8 Å². The van der Waals surface area contributed by atoms with Crippen molar-refractivity contribution in [1.29, 1.82) is 0 Å². The highest BCUT2D eigenvalue weighted by molar-refractivity contribution is 5.98. The van der Waals surface area contributed by atoms with Gasteiger partial charge in [0, 0.05) is 12.7 Å². The maximum Gasteiger partial charge on any atom is 0.256 e. The normalized spacial score (nSPS) is 9.79. The highest BCUT2D eigenvalue weighted by Gasteiger charge is 2.10. The van der Waals surface area contributed by atoms with Gasteiger partial charge in [0.05, 0.1) is 12.2 Å². The summed E-state index contributed by atoms with van der Waals surface area (Å²) in [5.41, 5.74) is 10.8. The third-order valence-corrected chi connectivity index (χ3v) is 1.48. The lowest BCUT2D eigenvalue weighted by Gasteiger charge is -2.04. The second kappa shape index (κ2) is 4.38. The third-order valence-electron chi connectivity index (χ3n) is 1.48. The average molecular weight is 197 g/mol. The van der Waals surface area contributed by atoms with Crippen molar-refractivity contribution in [2.24, 2.45) is 0 Å². The molecule has 0 saturated carbocycles. The first-order valence-electron chi connectivity index (χ1n) is 3.92. The Balaban J connectivity index is 2.80. The van der Waals surface area contributed by atoms with Crippen LogP contribution in [0.25, 0.3) is 0 Å². The van der Waals surface area contributed by atoms with Gasteiger partial charge >= 0.3 is 0 Å². The number of aliphatic hydroxyl groups is 1. The van der Waals surface area contributed by atoms with Gasteiger partial charge in [-0.25, -0.2) is 4.98 Å². The molecule has 76 valence electrons. The van der Waals surface area contributed by atoms with Crippen molar-refractivity contribution in [3.63, 3.8) is 0 Å². The minimum absolute atomic E-state index is 0.0150. The zero-order chi connectivity index (χ0) is 10.6. The molecule has 0 aliphatic carbocycles. The van der Waals surface area contributed by atoms with Gasteiger partial charge in [-0.3, -0.25) is 4.79 Å². The van der Waals surface area contributed by atoms with Crippen LogP contribution in [-0.4, -0.2) is 34.1 Å². The Kier molecular flexibility index (Phi) is 3.19. The van der Waals surface area contributed by atoms with E-state index in [1.165, 1.54) is 6.20 Å². The highest BCUT2D eigenvalue weighted by Crippen LogP contribution is 2.07. The Labute approximate surface area is 80.2 Å². The number of nitrogens with two attached hydrogens (primary N) is 2. The lowest BCUT2D eigenvalue weighted by molar-refractivity contribution is 0.0945. The predicted molar refractivity (Wildman–Crippen MR) is 50.3 cm³/mol. The van der Waals surface area contributed by atoms with Gasteiger partial charge in [0.25, 0.3) is 5.91 Å². The minimum Gasteiger partial charge on any atom is -0.395 e. The average Bonchev–Trinajstić information content (AvgIpc) is 2.14. The van der Waals surface area contributed by atoms with Gasteiger partial charge in [-0.05, 0) is 0 Å². The molecular weight excluding hydrogens is 186 g/mol. The quantitative estimate of drug-likeness (QED) is 0.460. The Morgan fingerprint density at radius 2 is 2.29 bits per heavy atom. The molecular formula is C7H11N5O2. The molecule has 0 saturated heterocycles. The van der Waals surface area contributed by atoms with Crippen LogP contribution in [0, 0.1) is 0 Å². The molecule has 0 spiro atoms. The monoisotopic (exact) mass is 197 g/mol. The van der Waals surface area contributed by atoms with Crippen LogP contribution in [0.15, 0.2) is 6.20 Å². The van der Waals surface area contributed by atoms with E-state index in [4.69, 9.17) is 16.6 Å².